The van der Waals surface area contributed by atoms with Gasteiger partial charge in [-0.2, -0.15) is 0 Å². The number of aryl methyl sites for hydroxylation is 2. The lowest BCUT2D eigenvalue weighted by molar-refractivity contribution is 0.556. The Morgan fingerprint density at radius 2 is 1.89 bits per heavy atom. The Morgan fingerprint density at radius 3 is 2.53 bits per heavy atom. The van der Waals surface area contributed by atoms with E-state index in [1.165, 1.54) is 22.7 Å². The summed E-state index contributed by atoms with van der Waals surface area (Å²) in [5, 5.41) is 4.27. The highest BCUT2D eigenvalue weighted by atomic mass is 32.1. The van der Waals surface area contributed by atoms with Crippen LogP contribution in [0.3, 0.4) is 0 Å². The smallest absolute Gasteiger partial charge is 0.0860 e. The van der Waals surface area contributed by atoms with E-state index in [-0.39, 0.29) is 11.5 Å². The van der Waals surface area contributed by atoms with Gasteiger partial charge in [-0.1, -0.05) is 49.0 Å². The van der Waals surface area contributed by atoms with Crippen molar-refractivity contribution in [2.75, 3.05) is 0 Å². The molecule has 1 unspecified atom stereocenters. The first-order valence-corrected chi connectivity index (χ1v) is 7.23. The molecule has 3 nitrogen and oxygen atoms in total. The quantitative estimate of drug-likeness (QED) is 0.912. The van der Waals surface area contributed by atoms with Gasteiger partial charge in [0.25, 0.3) is 0 Å². The predicted molar refractivity (Wildman–Crippen MR) is 80.6 cm³/mol. The third-order valence-electron chi connectivity index (χ3n) is 3.28. The zero-order valence-corrected chi connectivity index (χ0v) is 13.0. The molecule has 0 radical (unpaired) electrons. The number of rotatable bonds is 2. The minimum Gasteiger partial charge on any atom is -0.319 e. The molecular weight excluding hydrogens is 254 g/mol. The van der Waals surface area contributed by atoms with Crippen molar-refractivity contribution >= 4 is 11.5 Å². The van der Waals surface area contributed by atoms with Crippen LogP contribution in [0.25, 0.3) is 0 Å². The van der Waals surface area contributed by atoms with E-state index >= 15 is 0 Å². The minimum atomic E-state index is -0.144. The average molecular weight is 275 g/mol. The maximum Gasteiger partial charge on any atom is 0.0860 e. The maximum atomic E-state index is 6.46. The van der Waals surface area contributed by atoms with Gasteiger partial charge in [0.2, 0.25) is 0 Å². The second-order valence-corrected chi connectivity index (χ2v) is 6.86. The number of hydrogen-bond acceptors (Lipinski definition) is 4. The topological polar surface area (TPSA) is 51.8 Å². The molecule has 0 fully saturated rings. The van der Waals surface area contributed by atoms with Crippen LogP contribution in [-0.4, -0.2) is 9.59 Å². The molecule has 0 amide bonds. The molecule has 0 saturated heterocycles. The number of nitrogens with two attached hydrogens (primary N) is 1. The SMILES string of the molecule is Cc1ccc(C)c(C(N)c2snnc2C(C)(C)C)c1. The molecule has 1 atom stereocenters. The Labute approximate surface area is 119 Å². The molecule has 0 bridgehead atoms. The van der Waals surface area contributed by atoms with Gasteiger partial charge in [0.1, 0.15) is 0 Å². The normalized spacial score (nSPS) is 13.6. The molecule has 0 spiro atoms. The molecule has 4 heteroatoms. The van der Waals surface area contributed by atoms with E-state index < -0.39 is 0 Å². The first kappa shape index (κ1) is 14.2. The lowest BCUT2D eigenvalue weighted by atomic mass is 9.88. The monoisotopic (exact) mass is 275 g/mol. The van der Waals surface area contributed by atoms with Gasteiger partial charge in [-0.15, -0.1) is 5.10 Å². The van der Waals surface area contributed by atoms with Crippen LogP contribution in [0.5, 0.6) is 0 Å². The average Bonchev–Trinajstić information content (AvgIpc) is 2.80. The van der Waals surface area contributed by atoms with Crippen LogP contribution < -0.4 is 5.73 Å². The van der Waals surface area contributed by atoms with Crippen LogP contribution in [0.15, 0.2) is 18.2 Å². The van der Waals surface area contributed by atoms with Crippen LogP contribution >= 0.6 is 11.5 Å². The summed E-state index contributed by atoms with van der Waals surface area (Å²) in [7, 11) is 0. The molecule has 1 aromatic carbocycles. The van der Waals surface area contributed by atoms with Gasteiger partial charge < -0.3 is 5.73 Å². The summed E-state index contributed by atoms with van der Waals surface area (Å²) in [6.07, 6.45) is 0. The fraction of sp³-hybridized carbons (Fsp3) is 0.467. The summed E-state index contributed by atoms with van der Waals surface area (Å²) < 4.78 is 4.10. The largest absolute Gasteiger partial charge is 0.319 e. The van der Waals surface area contributed by atoms with Crippen molar-refractivity contribution in [3.63, 3.8) is 0 Å². The molecule has 19 heavy (non-hydrogen) atoms. The van der Waals surface area contributed by atoms with Crippen molar-refractivity contribution in [1.29, 1.82) is 0 Å². The van der Waals surface area contributed by atoms with E-state index in [1.807, 2.05) is 0 Å². The summed E-state index contributed by atoms with van der Waals surface area (Å²) in [5.74, 6) is 0. The fourth-order valence-corrected chi connectivity index (χ4v) is 3.04. The lowest BCUT2D eigenvalue weighted by Crippen LogP contribution is -2.20. The highest BCUT2D eigenvalue weighted by Gasteiger charge is 2.26. The Morgan fingerprint density at radius 1 is 1.21 bits per heavy atom. The van der Waals surface area contributed by atoms with Gasteiger partial charge >= 0.3 is 0 Å². The highest BCUT2D eigenvalue weighted by molar-refractivity contribution is 7.05. The van der Waals surface area contributed by atoms with Crippen molar-refractivity contribution < 1.29 is 0 Å². The second-order valence-electron chi connectivity index (χ2n) is 6.07. The lowest BCUT2D eigenvalue weighted by Gasteiger charge is -2.20. The molecule has 1 heterocycles. The van der Waals surface area contributed by atoms with Gasteiger partial charge in [0, 0.05) is 5.41 Å². The predicted octanol–water partition coefficient (Wildman–Crippen LogP) is 3.50. The van der Waals surface area contributed by atoms with Crippen molar-refractivity contribution in [2.45, 2.75) is 46.1 Å². The van der Waals surface area contributed by atoms with E-state index in [1.54, 1.807) is 0 Å². The zero-order chi connectivity index (χ0) is 14.2. The van der Waals surface area contributed by atoms with Crippen LogP contribution in [0.1, 0.15) is 54.1 Å². The molecule has 0 aliphatic rings. The minimum absolute atomic E-state index is 0.0301. The Hall–Kier alpha value is -1.26. The Kier molecular flexibility index (Phi) is 3.74. The molecule has 0 aliphatic carbocycles. The number of benzene rings is 1. The van der Waals surface area contributed by atoms with E-state index in [2.05, 4.69) is 62.4 Å². The Balaban J connectivity index is 2.48. The third kappa shape index (κ3) is 2.85. The van der Waals surface area contributed by atoms with E-state index in [0.717, 1.165) is 16.1 Å². The van der Waals surface area contributed by atoms with Crippen LogP contribution in [-0.2, 0) is 5.41 Å². The van der Waals surface area contributed by atoms with Crippen molar-refractivity contribution in [3.05, 3.63) is 45.5 Å². The van der Waals surface area contributed by atoms with Crippen LogP contribution in [0.2, 0.25) is 0 Å². The highest BCUT2D eigenvalue weighted by Crippen LogP contribution is 2.33. The van der Waals surface area contributed by atoms with Crippen molar-refractivity contribution in [3.8, 4) is 0 Å². The van der Waals surface area contributed by atoms with Gasteiger partial charge in [0.15, 0.2) is 0 Å². The third-order valence-corrected chi connectivity index (χ3v) is 4.08. The standard InChI is InChI=1S/C15H21N3S/c1-9-6-7-10(2)11(8-9)12(16)13-14(15(3,4)5)17-18-19-13/h6-8,12H,16H2,1-5H3. The van der Waals surface area contributed by atoms with E-state index in [0.29, 0.717) is 0 Å². The summed E-state index contributed by atoms with van der Waals surface area (Å²) in [6, 6.07) is 6.25. The second kappa shape index (κ2) is 5.02. The molecule has 0 saturated carbocycles. The van der Waals surface area contributed by atoms with Gasteiger partial charge in [-0.3, -0.25) is 0 Å². The van der Waals surface area contributed by atoms with Crippen molar-refractivity contribution in [1.82, 2.24) is 9.59 Å². The molecule has 2 N–H and O–H groups in total. The first-order valence-electron chi connectivity index (χ1n) is 6.46. The Bertz CT molecular complexity index is 581. The van der Waals surface area contributed by atoms with Crippen LogP contribution in [0, 0.1) is 13.8 Å². The van der Waals surface area contributed by atoms with Crippen LogP contribution in [0.4, 0.5) is 0 Å². The van der Waals surface area contributed by atoms with E-state index in [4.69, 9.17) is 5.73 Å². The molecule has 2 aromatic rings. The molecule has 0 aliphatic heterocycles. The van der Waals surface area contributed by atoms with Crippen molar-refractivity contribution in [2.24, 2.45) is 5.73 Å². The van der Waals surface area contributed by atoms with E-state index in [9.17, 15) is 0 Å². The number of hydrogen-bond donors (Lipinski definition) is 1. The number of nitrogens with zero attached hydrogens (tertiary/aromatic N) is 2. The molecule has 1 aromatic heterocycles. The zero-order valence-electron chi connectivity index (χ0n) is 12.2. The maximum absolute atomic E-state index is 6.46. The fourth-order valence-electron chi connectivity index (χ4n) is 2.16. The molecule has 2 rings (SSSR count). The van der Waals surface area contributed by atoms with Gasteiger partial charge in [0.05, 0.1) is 16.6 Å². The van der Waals surface area contributed by atoms with Gasteiger partial charge in [-0.05, 0) is 36.5 Å². The van der Waals surface area contributed by atoms with Gasteiger partial charge in [-0.25, -0.2) is 0 Å². The summed E-state index contributed by atoms with van der Waals surface area (Å²) in [6.45, 7) is 10.6. The summed E-state index contributed by atoms with van der Waals surface area (Å²) in [4.78, 5) is 1.07. The molecule has 102 valence electrons. The summed E-state index contributed by atoms with van der Waals surface area (Å²) >= 11 is 1.41. The summed E-state index contributed by atoms with van der Waals surface area (Å²) in [5.41, 5.74) is 11.0. The number of aromatic nitrogens is 2. The first-order chi connectivity index (χ1) is 8.80. The molecular formula is C15H21N3S.